The van der Waals surface area contributed by atoms with Gasteiger partial charge in [-0.3, -0.25) is 4.79 Å². The van der Waals surface area contributed by atoms with E-state index in [9.17, 15) is 13.2 Å². The summed E-state index contributed by atoms with van der Waals surface area (Å²) in [4.78, 5) is 11.6. The van der Waals surface area contributed by atoms with E-state index in [1.807, 2.05) is 0 Å². The third-order valence-electron chi connectivity index (χ3n) is 3.21. The maximum absolute atomic E-state index is 11.6. The van der Waals surface area contributed by atoms with E-state index in [-0.39, 0.29) is 29.9 Å². The molecule has 0 aliphatic carbocycles. The maximum Gasteiger partial charge on any atom is 0.220 e. The number of rotatable bonds is 8. The van der Waals surface area contributed by atoms with Crippen molar-refractivity contribution in [2.75, 3.05) is 24.7 Å². The van der Waals surface area contributed by atoms with Crippen molar-refractivity contribution in [3.63, 3.8) is 0 Å². The zero-order chi connectivity index (χ0) is 13.4. The van der Waals surface area contributed by atoms with Crippen LogP contribution >= 0.6 is 0 Å². The molecule has 6 heteroatoms. The summed E-state index contributed by atoms with van der Waals surface area (Å²) in [6.07, 6.45) is 4.65. The number of sulfone groups is 1. The van der Waals surface area contributed by atoms with Gasteiger partial charge in [-0.2, -0.15) is 0 Å². The molecular formula is C12H23NO4S. The number of carbonyl (C=O) groups excluding carboxylic acids is 1. The van der Waals surface area contributed by atoms with Gasteiger partial charge < -0.3 is 10.4 Å². The highest BCUT2D eigenvalue weighted by atomic mass is 32.2. The Balaban J connectivity index is 2.04. The summed E-state index contributed by atoms with van der Waals surface area (Å²) >= 11 is 0. The molecule has 2 N–H and O–H groups in total. The lowest BCUT2D eigenvalue weighted by Gasteiger charge is -2.08. The van der Waals surface area contributed by atoms with Crippen LogP contribution in [0.15, 0.2) is 0 Å². The number of hydrogen-bond donors (Lipinski definition) is 2. The van der Waals surface area contributed by atoms with Crippen molar-refractivity contribution in [3.8, 4) is 0 Å². The van der Waals surface area contributed by atoms with Crippen molar-refractivity contribution in [2.45, 2.75) is 38.5 Å². The Morgan fingerprint density at radius 1 is 1.22 bits per heavy atom. The third kappa shape index (κ3) is 6.35. The molecule has 1 amide bonds. The zero-order valence-electron chi connectivity index (χ0n) is 10.7. The van der Waals surface area contributed by atoms with E-state index < -0.39 is 9.84 Å². The Morgan fingerprint density at radius 2 is 1.94 bits per heavy atom. The van der Waals surface area contributed by atoms with E-state index in [0.29, 0.717) is 19.4 Å². The molecule has 18 heavy (non-hydrogen) atoms. The summed E-state index contributed by atoms with van der Waals surface area (Å²) < 4.78 is 22.5. The summed E-state index contributed by atoms with van der Waals surface area (Å²) in [7, 11) is -2.88. The number of aliphatic hydroxyl groups excluding tert-OH is 1. The van der Waals surface area contributed by atoms with Crippen molar-refractivity contribution < 1.29 is 18.3 Å². The number of nitrogens with one attached hydrogen (secondary N) is 1. The summed E-state index contributed by atoms with van der Waals surface area (Å²) in [5, 5.41) is 11.4. The van der Waals surface area contributed by atoms with Crippen molar-refractivity contribution in [2.24, 2.45) is 5.92 Å². The molecule has 1 heterocycles. The second-order valence-electron chi connectivity index (χ2n) is 4.96. The van der Waals surface area contributed by atoms with Crippen molar-refractivity contribution in [1.82, 2.24) is 5.32 Å². The van der Waals surface area contributed by atoms with Crippen LogP contribution in [0.5, 0.6) is 0 Å². The van der Waals surface area contributed by atoms with Crippen molar-refractivity contribution in [3.05, 3.63) is 0 Å². The van der Waals surface area contributed by atoms with Gasteiger partial charge in [-0.1, -0.05) is 12.8 Å². The lowest BCUT2D eigenvalue weighted by atomic mass is 10.1. The molecule has 1 rings (SSSR count). The van der Waals surface area contributed by atoms with Crippen LogP contribution in [0.4, 0.5) is 0 Å². The van der Waals surface area contributed by atoms with Gasteiger partial charge in [-0.25, -0.2) is 8.42 Å². The molecule has 0 radical (unpaired) electrons. The van der Waals surface area contributed by atoms with Gasteiger partial charge in [0.1, 0.15) is 0 Å². The highest BCUT2D eigenvalue weighted by Crippen LogP contribution is 2.21. The Hall–Kier alpha value is -0.620. The summed E-state index contributed by atoms with van der Waals surface area (Å²) in [6, 6.07) is 0. The molecule has 0 aromatic rings. The zero-order valence-corrected chi connectivity index (χ0v) is 11.5. The summed E-state index contributed by atoms with van der Waals surface area (Å²) in [6.45, 7) is 0.867. The Labute approximate surface area is 109 Å². The van der Waals surface area contributed by atoms with E-state index in [2.05, 4.69) is 5.32 Å². The number of unbranched alkanes of at least 4 members (excludes halogenated alkanes) is 3. The van der Waals surface area contributed by atoms with Gasteiger partial charge >= 0.3 is 0 Å². The average molecular weight is 277 g/mol. The van der Waals surface area contributed by atoms with E-state index in [1.165, 1.54) is 0 Å². The van der Waals surface area contributed by atoms with Gasteiger partial charge in [0.25, 0.3) is 0 Å². The van der Waals surface area contributed by atoms with Crippen LogP contribution in [0.25, 0.3) is 0 Å². The molecular weight excluding hydrogens is 254 g/mol. The molecule has 0 spiro atoms. The number of hydrogen-bond acceptors (Lipinski definition) is 4. The second kappa shape index (κ2) is 7.74. The molecule has 5 nitrogen and oxygen atoms in total. The summed E-state index contributed by atoms with van der Waals surface area (Å²) in [5.41, 5.74) is 0. The minimum atomic E-state index is -2.88. The van der Waals surface area contributed by atoms with Gasteiger partial charge in [-0.15, -0.1) is 0 Å². The fourth-order valence-electron chi connectivity index (χ4n) is 2.19. The molecule has 1 aliphatic rings. The lowest BCUT2D eigenvalue weighted by molar-refractivity contribution is -0.121. The fourth-order valence-corrected chi connectivity index (χ4v) is 4.05. The average Bonchev–Trinajstić information content (AvgIpc) is 2.63. The first-order chi connectivity index (χ1) is 8.53. The van der Waals surface area contributed by atoms with Crippen molar-refractivity contribution in [1.29, 1.82) is 0 Å². The minimum absolute atomic E-state index is 0.00406. The summed E-state index contributed by atoms with van der Waals surface area (Å²) in [5.74, 6) is 0.354. The minimum Gasteiger partial charge on any atom is -0.396 e. The Kier molecular flexibility index (Phi) is 6.63. The van der Waals surface area contributed by atoms with Gasteiger partial charge in [-0.05, 0) is 25.2 Å². The normalized spacial score (nSPS) is 21.9. The molecule has 1 saturated heterocycles. The van der Waals surface area contributed by atoms with Crippen LogP contribution in [-0.2, 0) is 14.6 Å². The first-order valence-electron chi connectivity index (χ1n) is 6.61. The van der Waals surface area contributed by atoms with Crippen LogP contribution in [0.3, 0.4) is 0 Å². The highest BCUT2D eigenvalue weighted by Gasteiger charge is 2.29. The first kappa shape index (κ1) is 15.4. The Morgan fingerprint density at radius 3 is 2.56 bits per heavy atom. The molecule has 1 aliphatic heterocycles. The van der Waals surface area contributed by atoms with Crippen LogP contribution in [-0.4, -0.2) is 44.1 Å². The fraction of sp³-hybridized carbons (Fsp3) is 0.917. The predicted octanol–water partition coefficient (Wildman–Crippen LogP) is 0.480. The predicted molar refractivity (Wildman–Crippen MR) is 69.9 cm³/mol. The number of aliphatic hydroxyl groups is 1. The number of carbonyl (C=O) groups is 1. The molecule has 0 bridgehead atoms. The standard InChI is InChI=1S/C12H23NO4S/c14-7-4-2-1-3-6-13-12(15)9-11-5-8-18(16,17)10-11/h11,14H,1-10H2,(H,13,15). The topological polar surface area (TPSA) is 83.5 Å². The van der Waals surface area contributed by atoms with Crippen LogP contribution in [0, 0.1) is 5.92 Å². The van der Waals surface area contributed by atoms with E-state index in [1.54, 1.807) is 0 Å². The largest absolute Gasteiger partial charge is 0.396 e. The van der Waals surface area contributed by atoms with E-state index in [0.717, 1.165) is 25.7 Å². The molecule has 0 aromatic heterocycles. The maximum atomic E-state index is 11.6. The van der Waals surface area contributed by atoms with Crippen molar-refractivity contribution >= 4 is 15.7 Å². The van der Waals surface area contributed by atoms with Gasteiger partial charge in [0.2, 0.25) is 5.91 Å². The molecule has 106 valence electrons. The first-order valence-corrected chi connectivity index (χ1v) is 8.43. The molecule has 0 saturated carbocycles. The van der Waals surface area contributed by atoms with Gasteiger partial charge in [0.05, 0.1) is 11.5 Å². The Bertz CT molecular complexity index is 353. The lowest BCUT2D eigenvalue weighted by Crippen LogP contribution is -2.26. The highest BCUT2D eigenvalue weighted by molar-refractivity contribution is 7.91. The van der Waals surface area contributed by atoms with Crippen LogP contribution in [0.2, 0.25) is 0 Å². The second-order valence-corrected chi connectivity index (χ2v) is 7.19. The monoisotopic (exact) mass is 277 g/mol. The smallest absolute Gasteiger partial charge is 0.220 e. The van der Waals surface area contributed by atoms with Crippen LogP contribution < -0.4 is 5.32 Å². The number of amides is 1. The van der Waals surface area contributed by atoms with E-state index in [4.69, 9.17) is 5.11 Å². The van der Waals surface area contributed by atoms with Gasteiger partial charge in [0.15, 0.2) is 9.84 Å². The molecule has 1 fully saturated rings. The van der Waals surface area contributed by atoms with E-state index >= 15 is 0 Å². The SMILES string of the molecule is O=C(CC1CCS(=O)(=O)C1)NCCCCCCO. The quantitative estimate of drug-likeness (QED) is 0.632. The van der Waals surface area contributed by atoms with Gasteiger partial charge in [0, 0.05) is 19.6 Å². The molecule has 1 atom stereocenters. The molecule has 1 unspecified atom stereocenters. The third-order valence-corrected chi connectivity index (χ3v) is 5.04. The van der Waals surface area contributed by atoms with Crippen LogP contribution in [0.1, 0.15) is 38.5 Å². The molecule has 0 aromatic carbocycles.